The summed E-state index contributed by atoms with van der Waals surface area (Å²) in [7, 11) is -4.60. The Hall–Kier alpha value is -0.950. The van der Waals surface area contributed by atoms with Crippen LogP contribution in [0.2, 0.25) is 0 Å². The SMILES string of the molecule is O=C1CC(S(=O)(=O)F)CN1CCc1cccs1. The molecule has 1 aromatic heterocycles. The van der Waals surface area contributed by atoms with Crippen LogP contribution in [0.3, 0.4) is 0 Å². The van der Waals surface area contributed by atoms with E-state index in [4.69, 9.17) is 0 Å². The molecule has 0 saturated carbocycles. The van der Waals surface area contributed by atoms with E-state index in [2.05, 4.69) is 0 Å². The maximum Gasteiger partial charge on any atom is 0.307 e. The van der Waals surface area contributed by atoms with Crippen LogP contribution in [0.15, 0.2) is 17.5 Å². The molecule has 0 radical (unpaired) electrons. The number of thiophene rings is 1. The third-order valence-corrected chi connectivity index (χ3v) is 4.83. The highest BCUT2D eigenvalue weighted by Gasteiger charge is 2.37. The number of likely N-dealkylation sites (tertiary alicyclic amines) is 1. The molecule has 1 saturated heterocycles. The molecule has 0 bridgehead atoms. The van der Waals surface area contributed by atoms with Crippen LogP contribution in [0.25, 0.3) is 0 Å². The number of carbonyl (C=O) groups excluding carboxylic acids is 1. The summed E-state index contributed by atoms with van der Waals surface area (Å²) in [6.45, 7) is 0.425. The van der Waals surface area contributed by atoms with Gasteiger partial charge in [-0.15, -0.1) is 15.2 Å². The lowest BCUT2D eigenvalue weighted by molar-refractivity contribution is -0.127. The summed E-state index contributed by atoms with van der Waals surface area (Å²) in [4.78, 5) is 14.0. The van der Waals surface area contributed by atoms with Gasteiger partial charge in [0.25, 0.3) is 0 Å². The smallest absolute Gasteiger partial charge is 0.307 e. The first-order chi connectivity index (χ1) is 7.97. The van der Waals surface area contributed by atoms with Crippen LogP contribution in [0, 0.1) is 0 Å². The van der Waals surface area contributed by atoms with Crippen LogP contribution in [0.1, 0.15) is 11.3 Å². The van der Waals surface area contributed by atoms with E-state index in [0.717, 1.165) is 4.88 Å². The number of hydrogen-bond donors (Lipinski definition) is 0. The maximum absolute atomic E-state index is 12.7. The molecule has 17 heavy (non-hydrogen) atoms. The maximum atomic E-state index is 12.7. The topological polar surface area (TPSA) is 54.5 Å². The third-order valence-electron chi connectivity index (χ3n) is 2.79. The zero-order valence-corrected chi connectivity index (χ0v) is 10.6. The predicted octanol–water partition coefficient (Wildman–Crippen LogP) is 1.19. The molecular formula is C10H12FNO3S2. The molecule has 1 atom stereocenters. The molecule has 7 heteroatoms. The lowest BCUT2D eigenvalue weighted by atomic mass is 10.3. The van der Waals surface area contributed by atoms with Gasteiger partial charge < -0.3 is 4.90 Å². The highest BCUT2D eigenvalue weighted by Crippen LogP contribution is 2.20. The zero-order valence-electron chi connectivity index (χ0n) is 9.00. The highest BCUT2D eigenvalue weighted by atomic mass is 32.3. The number of nitrogens with zero attached hydrogens (tertiary/aromatic N) is 1. The van der Waals surface area contributed by atoms with E-state index in [0.29, 0.717) is 13.0 Å². The Balaban J connectivity index is 1.93. The molecule has 0 N–H and O–H groups in total. The van der Waals surface area contributed by atoms with Crippen molar-refractivity contribution in [2.45, 2.75) is 18.1 Å². The predicted molar refractivity (Wildman–Crippen MR) is 63.0 cm³/mol. The molecule has 0 aliphatic carbocycles. The van der Waals surface area contributed by atoms with Crippen LogP contribution in [0.4, 0.5) is 3.89 Å². The molecule has 1 amide bonds. The highest BCUT2D eigenvalue weighted by molar-refractivity contribution is 7.87. The zero-order chi connectivity index (χ0) is 12.5. The van der Waals surface area contributed by atoms with Crippen LogP contribution < -0.4 is 0 Å². The fraction of sp³-hybridized carbons (Fsp3) is 0.500. The Kier molecular flexibility index (Phi) is 3.48. The van der Waals surface area contributed by atoms with Gasteiger partial charge in [0.1, 0.15) is 5.25 Å². The lowest BCUT2D eigenvalue weighted by Crippen LogP contribution is -2.29. The number of carbonyl (C=O) groups is 1. The number of rotatable bonds is 4. The molecule has 0 spiro atoms. The molecule has 4 nitrogen and oxygen atoms in total. The van der Waals surface area contributed by atoms with Crippen molar-refractivity contribution in [2.75, 3.05) is 13.1 Å². The fourth-order valence-electron chi connectivity index (χ4n) is 1.84. The fourth-order valence-corrected chi connectivity index (χ4v) is 3.24. The summed E-state index contributed by atoms with van der Waals surface area (Å²) >= 11 is 1.58. The van der Waals surface area contributed by atoms with E-state index < -0.39 is 15.5 Å². The lowest BCUT2D eigenvalue weighted by Gasteiger charge is -2.14. The van der Waals surface area contributed by atoms with Crippen molar-refractivity contribution in [3.05, 3.63) is 22.4 Å². The molecule has 94 valence electrons. The second-order valence-electron chi connectivity index (χ2n) is 3.97. The van der Waals surface area contributed by atoms with Gasteiger partial charge in [0, 0.05) is 24.4 Å². The molecule has 1 aliphatic heterocycles. The summed E-state index contributed by atoms with van der Waals surface area (Å²) in [6, 6.07) is 3.87. The molecule has 1 aromatic rings. The molecule has 1 aliphatic rings. The van der Waals surface area contributed by atoms with E-state index in [1.54, 1.807) is 11.3 Å². The standard InChI is InChI=1S/C10H12FNO3S2/c11-17(14,15)9-6-10(13)12(7-9)4-3-8-2-1-5-16-8/h1-2,5,9H,3-4,6-7H2. The third kappa shape index (κ3) is 3.04. The van der Waals surface area contributed by atoms with Crippen molar-refractivity contribution in [3.8, 4) is 0 Å². The van der Waals surface area contributed by atoms with Crippen molar-refractivity contribution < 1.29 is 17.1 Å². The van der Waals surface area contributed by atoms with E-state index in [-0.39, 0.29) is 18.9 Å². The monoisotopic (exact) mass is 277 g/mol. The minimum atomic E-state index is -4.60. The molecule has 1 unspecified atom stereocenters. The first kappa shape index (κ1) is 12.5. The van der Waals surface area contributed by atoms with Crippen LogP contribution in [0.5, 0.6) is 0 Å². The summed E-state index contributed by atoms with van der Waals surface area (Å²) in [5, 5.41) is 0.758. The van der Waals surface area contributed by atoms with Crippen molar-refractivity contribution in [3.63, 3.8) is 0 Å². The average Bonchev–Trinajstić information content (AvgIpc) is 2.83. The van der Waals surface area contributed by atoms with Crippen LogP contribution in [-0.2, 0) is 21.4 Å². The van der Waals surface area contributed by atoms with Gasteiger partial charge in [-0.25, -0.2) is 0 Å². The minimum absolute atomic E-state index is 0.0248. The van der Waals surface area contributed by atoms with E-state index in [9.17, 15) is 17.1 Å². The van der Waals surface area contributed by atoms with Gasteiger partial charge in [-0.1, -0.05) is 6.07 Å². The number of hydrogen-bond acceptors (Lipinski definition) is 4. The second-order valence-corrected chi connectivity index (χ2v) is 6.62. The first-order valence-corrected chi connectivity index (χ1v) is 7.53. The molecular weight excluding hydrogens is 265 g/mol. The van der Waals surface area contributed by atoms with Gasteiger partial charge in [-0.3, -0.25) is 4.79 Å². The molecule has 0 aromatic carbocycles. The van der Waals surface area contributed by atoms with Crippen molar-refractivity contribution >= 4 is 27.5 Å². The van der Waals surface area contributed by atoms with Gasteiger partial charge in [0.2, 0.25) is 5.91 Å². The summed E-state index contributed by atoms with van der Waals surface area (Å²) in [5.41, 5.74) is 0. The quantitative estimate of drug-likeness (QED) is 0.777. The Morgan fingerprint density at radius 3 is 2.82 bits per heavy atom. The van der Waals surface area contributed by atoms with Gasteiger partial charge in [-0.2, -0.15) is 8.42 Å². The summed E-state index contributed by atoms with van der Waals surface area (Å²) < 4.78 is 34.2. The van der Waals surface area contributed by atoms with Gasteiger partial charge >= 0.3 is 10.2 Å². The second kappa shape index (κ2) is 4.73. The Morgan fingerprint density at radius 1 is 1.53 bits per heavy atom. The molecule has 1 fully saturated rings. The van der Waals surface area contributed by atoms with Crippen molar-refractivity contribution in [1.29, 1.82) is 0 Å². The van der Waals surface area contributed by atoms with Crippen molar-refractivity contribution in [1.82, 2.24) is 4.90 Å². The molecule has 2 heterocycles. The Labute approximate surface area is 103 Å². The van der Waals surface area contributed by atoms with E-state index >= 15 is 0 Å². The Bertz CT molecular complexity index is 498. The van der Waals surface area contributed by atoms with Crippen LogP contribution in [-0.4, -0.2) is 37.6 Å². The van der Waals surface area contributed by atoms with Gasteiger partial charge in [0.05, 0.1) is 0 Å². The van der Waals surface area contributed by atoms with Gasteiger partial charge in [0.15, 0.2) is 0 Å². The largest absolute Gasteiger partial charge is 0.341 e. The van der Waals surface area contributed by atoms with E-state index in [1.807, 2.05) is 17.5 Å². The number of amides is 1. The molecule has 2 rings (SSSR count). The van der Waals surface area contributed by atoms with Gasteiger partial charge in [-0.05, 0) is 17.9 Å². The minimum Gasteiger partial charge on any atom is -0.341 e. The van der Waals surface area contributed by atoms with Crippen LogP contribution >= 0.6 is 11.3 Å². The normalized spacial score (nSPS) is 21.1. The summed E-state index contributed by atoms with van der Waals surface area (Å²) in [5.74, 6) is -0.284. The van der Waals surface area contributed by atoms with Crippen molar-refractivity contribution in [2.24, 2.45) is 0 Å². The first-order valence-electron chi connectivity index (χ1n) is 5.20. The average molecular weight is 277 g/mol. The number of halogens is 1. The summed E-state index contributed by atoms with van der Waals surface area (Å²) in [6.07, 6.45) is 0.450. The Morgan fingerprint density at radius 2 is 2.29 bits per heavy atom. The van der Waals surface area contributed by atoms with E-state index in [1.165, 1.54) is 4.90 Å².